The second kappa shape index (κ2) is 9.75. The number of hydrogen-bond donors (Lipinski definition) is 3. The van der Waals surface area contributed by atoms with Crippen LogP contribution in [0.25, 0.3) is 22.0 Å². The summed E-state index contributed by atoms with van der Waals surface area (Å²) in [5.41, 5.74) is 2.57. The molecule has 0 aliphatic rings. The highest BCUT2D eigenvalue weighted by molar-refractivity contribution is 6.00. The number of urea groups is 1. The molecule has 1 atom stereocenters. The second-order valence-electron chi connectivity index (χ2n) is 7.52. The molecule has 0 saturated carbocycles. The van der Waals surface area contributed by atoms with Crippen molar-refractivity contribution >= 4 is 28.3 Å². The van der Waals surface area contributed by atoms with Crippen molar-refractivity contribution in [2.45, 2.75) is 13.0 Å². The SMILES string of the molecule is C[C@@H](CNc1nnc(-c2ccc(F)cc2)c2ccccc12)NC(=O)Nc1ccc(C#N)cc1. The van der Waals surface area contributed by atoms with Gasteiger partial charge in [-0.3, -0.25) is 0 Å². The average Bonchev–Trinajstić information content (AvgIpc) is 2.83. The normalized spacial score (nSPS) is 11.4. The summed E-state index contributed by atoms with van der Waals surface area (Å²) in [4.78, 5) is 12.3. The fourth-order valence-electron chi connectivity index (χ4n) is 3.38. The fourth-order valence-corrected chi connectivity index (χ4v) is 3.38. The first kappa shape index (κ1) is 21.7. The molecule has 164 valence electrons. The van der Waals surface area contributed by atoms with E-state index in [0.29, 0.717) is 29.3 Å². The van der Waals surface area contributed by atoms with E-state index >= 15 is 0 Å². The smallest absolute Gasteiger partial charge is 0.319 e. The van der Waals surface area contributed by atoms with Gasteiger partial charge in [0.25, 0.3) is 0 Å². The van der Waals surface area contributed by atoms with Gasteiger partial charge in [0.2, 0.25) is 0 Å². The van der Waals surface area contributed by atoms with E-state index in [4.69, 9.17) is 5.26 Å². The topological polar surface area (TPSA) is 103 Å². The number of amides is 2. The molecular weight excluding hydrogens is 419 g/mol. The Kier molecular flexibility index (Phi) is 6.41. The van der Waals surface area contributed by atoms with Gasteiger partial charge in [0, 0.05) is 34.6 Å². The number of carbonyl (C=O) groups is 1. The third-order valence-corrected chi connectivity index (χ3v) is 5.03. The molecular formula is C25H21FN6O. The minimum Gasteiger partial charge on any atom is -0.366 e. The van der Waals surface area contributed by atoms with Crippen molar-refractivity contribution in [2.24, 2.45) is 0 Å². The standard InChI is InChI=1S/C25H21FN6O/c1-16(29-25(33)30-20-12-6-17(14-27)7-13-20)15-28-24-22-5-3-2-4-21(22)23(31-32-24)18-8-10-19(26)11-9-18/h2-13,16H,15H2,1H3,(H,28,32)(H2,29,30,33)/t16-/m0/s1. The van der Waals surface area contributed by atoms with Gasteiger partial charge in [-0.05, 0) is 55.5 Å². The van der Waals surface area contributed by atoms with E-state index in [1.165, 1.54) is 12.1 Å². The third kappa shape index (κ3) is 5.22. The summed E-state index contributed by atoms with van der Waals surface area (Å²) in [6.07, 6.45) is 0. The molecule has 4 aromatic rings. The summed E-state index contributed by atoms with van der Waals surface area (Å²) in [7, 11) is 0. The molecule has 3 N–H and O–H groups in total. The number of anilines is 2. The predicted octanol–water partition coefficient (Wildman–Crippen LogP) is 4.93. The molecule has 8 heteroatoms. The van der Waals surface area contributed by atoms with Crippen LogP contribution in [0.3, 0.4) is 0 Å². The summed E-state index contributed by atoms with van der Waals surface area (Å²) < 4.78 is 13.3. The van der Waals surface area contributed by atoms with Crippen molar-refractivity contribution in [2.75, 3.05) is 17.2 Å². The van der Waals surface area contributed by atoms with Crippen LogP contribution in [-0.4, -0.2) is 28.8 Å². The van der Waals surface area contributed by atoms with Gasteiger partial charge in [0.15, 0.2) is 5.82 Å². The monoisotopic (exact) mass is 440 g/mol. The molecule has 0 fully saturated rings. The first-order valence-corrected chi connectivity index (χ1v) is 10.4. The Bertz CT molecular complexity index is 1320. The zero-order chi connectivity index (χ0) is 23.2. The minimum atomic E-state index is -0.350. The summed E-state index contributed by atoms with van der Waals surface area (Å²) in [6, 6.07) is 22.0. The Hall–Kier alpha value is -4.51. The molecule has 4 rings (SSSR count). The number of nitrogens with zero attached hydrogens (tertiary/aromatic N) is 3. The number of fused-ring (bicyclic) bond motifs is 1. The lowest BCUT2D eigenvalue weighted by atomic mass is 10.0. The lowest BCUT2D eigenvalue weighted by Gasteiger charge is -2.17. The van der Waals surface area contributed by atoms with Gasteiger partial charge in [-0.25, -0.2) is 9.18 Å². The zero-order valence-electron chi connectivity index (χ0n) is 17.8. The number of benzene rings is 3. The molecule has 0 bridgehead atoms. The average molecular weight is 440 g/mol. The number of rotatable bonds is 6. The quantitative estimate of drug-likeness (QED) is 0.395. The Balaban J connectivity index is 1.42. The molecule has 3 aromatic carbocycles. The van der Waals surface area contributed by atoms with Gasteiger partial charge in [-0.1, -0.05) is 24.3 Å². The van der Waals surface area contributed by atoms with E-state index in [0.717, 1.165) is 16.3 Å². The Labute approximate surface area is 190 Å². The molecule has 1 heterocycles. The van der Waals surface area contributed by atoms with Gasteiger partial charge in [0.05, 0.1) is 11.6 Å². The van der Waals surface area contributed by atoms with Crippen LogP contribution in [0.15, 0.2) is 72.8 Å². The molecule has 0 saturated heterocycles. The van der Waals surface area contributed by atoms with Crippen molar-refractivity contribution in [3.63, 3.8) is 0 Å². The van der Waals surface area contributed by atoms with Crippen LogP contribution in [0.4, 0.5) is 20.7 Å². The van der Waals surface area contributed by atoms with Crippen molar-refractivity contribution < 1.29 is 9.18 Å². The first-order valence-electron chi connectivity index (χ1n) is 10.4. The largest absolute Gasteiger partial charge is 0.366 e. The fraction of sp³-hybridized carbons (Fsp3) is 0.120. The van der Waals surface area contributed by atoms with Crippen LogP contribution >= 0.6 is 0 Å². The van der Waals surface area contributed by atoms with Gasteiger partial charge in [0.1, 0.15) is 11.5 Å². The highest BCUT2D eigenvalue weighted by Gasteiger charge is 2.13. The lowest BCUT2D eigenvalue weighted by molar-refractivity contribution is 0.249. The van der Waals surface area contributed by atoms with Crippen LogP contribution in [-0.2, 0) is 0 Å². The highest BCUT2D eigenvalue weighted by atomic mass is 19.1. The summed E-state index contributed by atoms with van der Waals surface area (Å²) >= 11 is 0. The molecule has 0 aliphatic carbocycles. The number of nitriles is 1. The van der Waals surface area contributed by atoms with E-state index in [9.17, 15) is 9.18 Å². The Morgan fingerprint density at radius 1 is 1.00 bits per heavy atom. The van der Waals surface area contributed by atoms with Crippen molar-refractivity contribution in [3.8, 4) is 17.3 Å². The maximum Gasteiger partial charge on any atom is 0.319 e. The van der Waals surface area contributed by atoms with E-state index in [2.05, 4.69) is 26.1 Å². The zero-order valence-corrected chi connectivity index (χ0v) is 17.8. The third-order valence-electron chi connectivity index (χ3n) is 5.03. The first-order chi connectivity index (χ1) is 16.0. The molecule has 2 amide bonds. The lowest BCUT2D eigenvalue weighted by Crippen LogP contribution is -2.40. The van der Waals surface area contributed by atoms with Crippen LogP contribution in [0.1, 0.15) is 12.5 Å². The maximum absolute atomic E-state index is 13.3. The number of halogens is 1. The molecule has 33 heavy (non-hydrogen) atoms. The number of hydrogen-bond acceptors (Lipinski definition) is 5. The summed E-state index contributed by atoms with van der Waals surface area (Å²) in [5, 5.41) is 28.2. The van der Waals surface area contributed by atoms with E-state index < -0.39 is 0 Å². The van der Waals surface area contributed by atoms with Gasteiger partial charge in [-0.15, -0.1) is 10.2 Å². The number of nitrogens with one attached hydrogen (secondary N) is 3. The van der Waals surface area contributed by atoms with Crippen molar-refractivity contribution in [1.82, 2.24) is 15.5 Å². The highest BCUT2D eigenvalue weighted by Crippen LogP contribution is 2.29. The summed E-state index contributed by atoms with van der Waals surface area (Å²) in [6.45, 7) is 2.29. The molecule has 0 spiro atoms. The second-order valence-corrected chi connectivity index (χ2v) is 7.52. The van der Waals surface area contributed by atoms with E-state index in [-0.39, 0.29) is 17.9 Å². The van der Waals surface area contributed by atoms with Crippen LogP contribution in [0, 0.1) is 17.1 Å². The Morgan fingerprint density at radius 2 is 1.70 bits per heavy atom. The number of carbonyl (C=O) groups excluding carboxylic acids is 1. The predicted molar refractivity (Wildman–Crippen MR) is 126 cm³/mol. The van der Waals surface area contributed by atoms with E-state index in [1.807, 2.05) is 37.3 Å². The summed E-state index contributed by atoms with van der Waals surface area (Å²) in [5.74, 6) is 0.289. The maximum atomic E-state index is 13.3. The van der Waals surface area contributed by atoms with Crippen LogP contribution < -0.4 is 16.0 Å². The minimum absolute atomic E-state index is 0.208. The van der Waals surface area contributed by atoms with E-state index in [1.54, 1.807) is 36.4 Å². The van der Waals surface area contributed by atoms with Crippen molar-refractivity contribution in [1.29, 1.82) is 5.26 Å². The van der Waals surface area contributed by atoms with Gasteiger partial charge in [-0.2, -0.15) is 5.26 Å². The number of aromatic nitrogens is 2. The van der Waals surface area contributed by atoms with Crippen LogP contribution in [0.2, 0.25) is 0 Å². The molecule has 0 aliphatic heterocycles. The molecule has 0 unspecified atom stereocenters. The Morgan fingerprint density at radius 3 is 2.39 bits per heavy atom. The molecule has 1 aromatic heterocycles. The van der Waals surface area contributed by atoms with Crippen molar-refractivity contribution in [3.05, 3.63) is 84.2 Å². The van der Waals surface area contributed by atoms with Gasteiger partial charge >= 0.3 is 6.03 Å². The van der Waals surface area contributed by atoms with Crippen LogP contribution in [0.5, 0.6) is 0 Å². The molecule has 0 radical (unpaired) electrons. The molecule has 7 nitrogen and oxygen atoms in total. The van der Waals surface area contributed by atoms with Gasteiger partial charge < -0.3 is 16.0 Å².